The Balaban J connectivity index is 0.938. The van der Waals surface area contributed by atoms with E-state index < -0.39 is 0 Å². The standard InChI is InChI=1S/C55H36N2OS/c1-2-12-47-39(9-1)10-7-15-48(47)40-21-19-37(20-22-40)38-23-30-44(31-24-38)57(46-34-27-43(28-35-46)55-56-51-16-5-6-18-54(51)59-55)45-32-25-41(26-33-45)49-13-3-4-14-50(49)53-36-29-42-11-8-17-52(42)58-53/h1-36H. The molecule has 4 heteroatoms. The number of hydrogen-bond acceptors (Lipinski definition) is 4. The molecule has 0 fully saturated rings. The molecule has 8 aromatic carbocycles. The summed E-state index contributed by atoms with van der Waals surface area (Å²) in [6.45, 7) is 0. The zero-order valence-electron chi connectivity index (χ0n) is 32.0. The molecule has 1 aliphatic heterocycles. The van der Waals surface area contributed by atoms with Crippen LogP contribution in [0.1, 0.15) is 0 Å². The molecule has 11 rings (SSSR count). The number of aromatic nitrogens is 1. The summed E-state index contributed by atoms with van der Waals surface area (Å²) in [4.78, 5) is 7.25. The topological polar surface area (TPSA) is 29.3 Å². The van der Waals surface area contributed by atoms with E-state index in [-0.39, 0.29) is 0 Å². The monoisotopic (exact) mass is 772 g/mol. The molecule has 0 radical (unpaired) electrons. The van der Waals surface area contributed by atoms with Gasteiger partial charge >= 0.3 is 0 Å². The second-order valence-corrected chi connectivity index (χ2v) is 15.8. The van der Waals surface area contributed by atoms with Crippen molar-refractivity contribution in [3.05, 3.63) is 218 Å². The molecule has 0 unspecified atom stereocenters. The van der Waals surface area contributed by atoms with Crippen molar-refractivity contribution in [1.82, 2.24) is 4.98 Å². The number of nitrogens with zero attached hydrogens (tertiary/aromatic N) is 2. The van der Waals surface area contributed by atoms with Crippen LogP contribution in [0.2, 0.25) is 0 Å². The number of fused-ring (bicyclic) bond motifs is 3. The Morgan fingerprint density at radius 2 is 0.881 bits per heavy atom. The second-order valence-electron chi connectivity index (χ2n) is 14.8. The Kier molecular flexibility index (Phi) is 8.68. The Bertz CT molecular complexity index is 3160. The van der Waals surface area contributed by atoms with Crippen LogP contribution in [-0.2, 0) is 0 Å². The van der Waals surface area contributed by atoms with Crippen LogP contribution in [0.4, 0.5) is 17.1 Å². The molecule has 278 valence electrons. The van der Waals surface area contributed by atoms with Crippen molar-refractivity contribution in [2.45, 2.75) is 0 Å². The molecule has 1 aromatic heterocycles. The van der Waals surface area contributed by atoms with Gasteiger partial charge in [0.25, 0.3) is 0 Å². The fraction of sp³-hybridized carbons (Fsp3) is 0. The van der Waals surface area contributed by atoms with E-state index in [0.29, 0.717) is 0 Å². The van der Waals surface area contributed by atoms with Crippen molar-refractivity contribution in [2.75, 3.05) is 4.90 Å². The van der Waals surface area contributed by atoms with E-state index in [1.54, 1.807) is 11.3 Å². The van der Waals surface area contributed by atoms with E-state index in [4.69, 9.17) is 9.40 Å². The minimum Gasteiger partial charge on any atom is -0.456 e. The molecule has 0 amide bonds. The maximum absolute atomic E-state index is 6.36. The highest BCUT2D eigenvalue weighted by molar-refractivity contribution is 7.21. The molecular weight excluding hydrogens is 737 g/mol. The molecule has 3 nitrogen and oxygen atoms in total. The highest BCUT2D eigenvalue weighted by Gasteiger charge is 2.17. The molecule has 0 saturated carbocycles. The maximum Gasteiger partial charge on any atom is 0.135 e. The molecule has 59 heavy (non-hydrogen) atoms. The number of rotatable bonds is 8. The summed E-state index contributed by atoms with van der Waals surface area (Å²) < 4.78 is 7.55. The summed E-state index contributed by atoms with van der Waals surface area (Å²) in [6.07, 6.45) is 0. The van der Waals surface area contributed by atoms with Crippen molar-refractivity contribution in [2.24, 2.45) is 0 Å². The minimum absolute atomic E-state index is 0.849. The summed E-state index contributed by atoms with van der Waals surface area (Å²) in [5.74, 6) is 1.74. The number of hydrogen-bond donors (Lipinski definition) is 0. The van der Waals surface area contributed by atoms with Crippen LogP contribution in [0.15, 0.2) is 223 Å². The van der Waals surface area contributed by atoms with Gasteiger partial charge in [0.15, 0.2) is 0 Å². The molecule has 2 heterocycles. The van der Waals surface area contributed by atoms with Gasteiger partial charge < -0.3 is 9.32 Å². The number of anilines is 3. The maximum atomic E-state index is 6.36. The first kappa shape index (κ1) is 34.7. The Morgan fingerprint density at radius 3 is 1.63 bits per heavy atom. The largest absolute Gasteiger partial charge is 0.456 e. The third-order valence-electron chi connectivity index (χ3n) is 11.2. The van der Waals surface area contributed by atoms with Gasteiger partial charge in [0.1, 0.15) is 16.5 Å². The van der Waals surface area contributed by atoms with Crippen LogP contribution in [0, 0.1) is 0 Å². The summed E-state index contributed by atoms with van der Waals surface area (Å²) in [5.41, 5.74) is 14.6. The lowest BCUT2D eigenvalue weighted by Gasteiger charge is -2.26. The number of benzene rings is 8. The van der Waals surface area contributed by atoms with E-state index in [0.717, 1.165) is 66.9 Å². The van der Waals surface area contributed by atoms with Crippen molar-refractivity contribution < 1.29 is 4.42 Å². The quantitative estimate of drug-likeness (QED) is 0.154. The zero-order chi connectivity index (χ0) is 39.1. The Labute approximate surface area is 347 Å². The third kappa shape index (κ3) is 6.56. The predicted molar refractivity (Wildman–Crippen MR) is 248 cm³/mol. The lowest BCUT2D eigenvalue weighted by atomic mass is 9.96. The molecule has 1 aliphatic carbocycles. The summed E-state index contributed by atoms with van der Waals surface area (Å²) in [5, 5.41) is 3.54. The highest BCUT2D eigenvalue weighted by atomic mass is 32.1. The van der Waals surface area contributed by atoms with Crippen molar-refractivity contribution in [3.8, 4) is 66.6 Å². The third-order valence-corrected chi connectivity index (χ3v) is 12.3. The van der Waals surface area contributed by atoms with Gasteiger partial charge in [-0.1, -0.05) is 140 Å². The van der Waals surface area contributed by atoms with Gasteiger partial charge in [0.2, 0.25) is 0 Å². The van der Waals surface area contributed by atoms with Crippen LogP contribution in [0.3, 0.4) is 0 Å². The number of thiazole rings is 1. The lowest BCUT2D eigenvalue weighted by molar-refractivity contribution is 0.583. The van der Waals surface area contributed by atoms with Crippen molar-refractivity contribution >= 4 is 49.4 Å². The molecule has 0 N–H and O–H groups in total. The molecule has 0 saturated heterocycles. The smallest absolute Gasteiger partial charge is 0.135 e. The first-order valence-electron chi connectivity index (χ1n) is 19.9. The number of para-hydroxylation sites is 1. The summed E-state index contributed by atoms with van der Waals surface area (Å²) >= 11 is 1.73. The average Bonchev–Trinajstić information content (AvgIpc) is 3.97. The molecular formula is C55H36N2OS. The van der Waals surface area contributed by atoms with E-state index >= 15 is 0 Å². The average molecular weight is 773 g/mol. The zero-order valence-corrected chi connectivity index (χ0v) is 32.8. The van der Waals surface area contributed by atoms with E-state index in [9.17, 15) is 0 Å². The molecule has 0 bridgehead atoms. The van der Waals surface area contributed by atoms with Crippen LogP contribution in [0.5, 0.6) is 0 Å². The van der Waals surface area contributed by atoms with Crippen LogP contribution < -0.4 is 4.90 Å². The molecule has 0 atom stereocenters. The van der Waals surface area contributed by atoms with Crippen LogP contribution in [-0.4, -0.2) is 4.98 Å². The second kappa shape index (κ2) is 14.8. The Hall–Kier alpha value is -7.53. The fourth-order valence-corrected chi connectivity index (χ4v) is 9.14. The van der Waals surface area contributed by atoms with Crippen molar-refractivity contribution in [3.63, 3.8) is 0 Å². The fourth-order valence-electron chi connectivity index (χ4n) is 8.17. The van der Waals surface area contributed by atoms with Gasteiger partial charge in [0, 0.05) is 33.8 Å². The Morgan fingerprint density at radius 1 is 0.356 bits per heavy atom. The van der Waals surface area contributed by atoms with Crippen LogP contribution in [0.25, 0.3) is 87.6 Å². The summed E-state index contributed by atoms with van der Waals surface area (Å²) in [7, 11) is 0. The van der Waals surface area contributed by atoms with Crippen LogP contribution >= 0.6 is 11.3 Å². The highest BCUT2D eigenvalue weighted by Crippen LogP contribution is 2.41. The van der Waals surface area contributed by atoms with E-state index in [1.807, 2.05) is 18.2 Å². The van der Waals surface area contributed by atoms with E-state index in [1.165, 1.54) is 37.7 Å². The normalized spacial score (nSPS) is 11.4. The lowest BCUT2D eigenvalue weighted by Crippen LogP contribution is -2.09. The molecule has 9 aromatic rings. The minimum atomic E-state index is 0.849. The SMILES string of the molecule is c1cc2ccc(-c3ccccc3-c3ccc(N(c4ccc(-c5ccc(-c6cccc7ccccc67)cc5)cc4)c4ccc(-c5nc6ccccc6s5)cc4)cc3)oc-2c1. The van der Waals surface area contributed by atoms with Gasteiger partial charge in [-0.15, -0.1) is 11.3 Å². The van der Waals surface area contributed by atoms with Gasteiger partial charge in [-0.05, 0) is 123 Å². The first-order chi connectivity index (χ1) is 29.2. The molecule has 0 spiro atoms. The van der Waals surface area contributed by atoms with Gasteiger partial charge in [-0.25, -0.2) is 4.98 Å². The van der Waals surface area contributed by atoms with Gasteiger partial charge in [-0.3, -0.25) is 0 Å². The van der Waals surface area contributed by atoms with Gasteiger partial charge in [-0.2, -0.15) is 0 Å². The summed E-state index contributed by atoms with van der Waals surface area (Å²) in [6, 6.07) is 77.6. The first-order valence-corrected chi connectivity index (χ1v) is 20.7. The van der Waals surface area contributed by atoms with E-state index in [2.05, 4.69) is 205 Å². The molecule has 2 aliphatic rings. The van der Waals surface area contributed by atoms with Crippen molar-refractivity contribution in [1.29, 1.82) is 0 Å². The predicted octanol–water partition coefficient (Wildman–Crippen LogP) is 16.0. The van der Waals surface area contributed by atoms with Gasteiger partial charge in [0.05, 0.1) is 10.2 Å².